The fraction of sp³-hybridized carbons (Fsp3) is 0.333. The van der Waals surface area contributed by atoms with Crippen molar-refractivity contribution in [3.63, 3.8) is 0 Å². The molecule has 2 aliphatic heterocycles. The molecular formula is C21H23N3O3. The second-order valence-electron chi connectivity index (χ2n) is 7.28. The van der Waals surface area contributed by atoms with Gasteiger partial charge in [0.1, 0.15) is 5.75 Å². The van der Waals surface area contributed by atoms with Crippen LogP contribution in [0, 0.1) is 6.92 Å². The molecule has 2 aliphatic rings. The summed E-state index contributed by atoms with van der Waals surface area (Å²) < 4.78 is 5.79. The Morgan fingerprint density at radius 1 is 1.15 bits per heavy atom. The highest BCUT2D eigenvalue weighted by molar-refractivity contribution is 6.19. The molecule has 0 aromatic heterocycles. The van der Waals surface area contributed by atoms with E-state index in [4.69, 9.17) is 4.74 Å². The average molecular weight is 365 g/mol. The smallest absolute Gasteiger partial charge is 0.278 e. The molecule has 2 N–H and O–H groups in total. The number of rotatable bonds is 3. The van der Waals surface area contributed by atoms with Crippen molar-refractivity contribution >= 4 is 28.9 Å². The van der Waals surface area contributed by atoms with Crippen molar-refractivity contribution in [1.82, 2.24) is 0 Å². The van der Waals surface area contributed by atoms with Crippen LogP contribution in [0.25, 0.3) is 0 Å². The largest absolute Gasteiger partial charge is 0.466 e. The van der Waals surface area contributed by atoms with Gasteiger partial charge in [-0.1, -0.05) is 6.07 Å². The zero-order valence-corrected chi connectivity index (χ0v) is 15.5. The molecule has 1 fully saturated rings. The number of aryl methyl sites for hydroxylation is 1. The van der Waals surface area contributed by atoms with Gasteiger partial charge in [0.25, 0.3) is 17.4 Å². The van der Waals surface area contributed by atoms with Crippen LogP contribution in [0.5, 0.6) is 5.75 Å². The van der Waals surface area contributed by atoms with Gasteiger partial charge in [0.05, 0.1) is 5.69 Å². The number of hydrogen-bond acceptors (Lipinski definition) is 4. The molecule has 4 rings (SSSR count). The fourth-order valence-electron chi connectivity index (χ4n) is 3.47. The monoisotopic (exact) mass is 365 g/mol. The van der Waals surface area contributed by atoms with Crippen LogP contribution >= 0.6 is 0 Å². The number of nitrogens with zero attached hydrogens (tertiary/aromatic N) is 1. The Bertz CT molecular complexity index is 888. The van der Waals surface area contributed by atoms with E-state index in [-0.39, 0.29) is 0 Å². The first-order valence-electron chi connectivity index (χ1n) is 9.23. The fourth-order valence-corrected chi connectivity index (χ4v) is 3.47. The summed E-state index contributed by atoms with van der Waals surface area (Å²) in [5.41, 5.74) is 1.74. The molecule has 2 heterocycles. The first kappa shape index (κ1) is 17.4. The van der Waals surface area contributed by atoms with E-state index in [1.54, 1.807) is 6.07 Å². The first-order chi connectivity index (χ1) is 13.0. The van der Waals surface area contributed by atoms with Gasteiger partial charge in [-0.15, -0.1) is 0 Å². The Balaban J connectivity index is 1.50. The Morgan fingerprint density at radius 3 is 2.56 bits per heavy atom. The van der Waals surface area contributed by atoms with Crippen LogP contribution in [0.3, 0.4) is 0 Å². The SMILES string of the molecule is Cc1ccc2c(c1)NC(=O)C(C)(C(=O)Nc1ccc(N3CCCC3)cc1)O2. The highest BCUT2D eigenvalue weighted by Crippen LogP contribution is 2.35. The third kappa shape index (κ3) is 3.23. The highest BCUT2D eigenvalue weighted by atomic mass is 16.5. The van der Waals surface area contributed by atoms with Crippen molar-refractivity contribution < 1.29 is 14.3 Å². The highest BCUT2D eigenvalue weighted by Gasteiger charge is 2.47. The van der Waals surface area contributed by atoms with Crippen LogP contribution in [0.2, 0.25) is 0 Å². The second kappa shape index (κ2) is 6.61. The van der Waals surface area contributed by atoms with Gasteiger partial charge < -0.3 is 20.3 Å². The minimum Gasteiger partial charge on any atom is -0.466 e. The van der Waals surface area contributed by atoms with Gasteiger partial charge in [-0.25, -0.2) is 0 Å². The van der Waals surface area contributed by atoms with Gasteiger partial charge >= 0.3 is 0 Å². The summed E-state index contributed by atoms with van der Waals surface area (Å²) in [4.78, 5) is 27.7. The van der Waals surface area contributed by atoms with E-state index < -0.39 is 17.4 Å². The predicted molar refractivity (Wildman–Crippen MR) is 105 cm³/mol. The number of ether oxygens (including phenoxy) is 1. The van der Waals surface area contributed by atoms with Gasteiger partial charge in [0, 0.05) is 24.5 Å². The normalized spacial score (nSPS) is 21.3. The van der Waals surface area contributed by atoms with Gasteiger partial charge in [-0.05, 0) is 68.7 Å². The summed E-state index contributed by atoms with van der Waals surface area (Å²) >= 11 is 0. The number of amides is 2. The van der Waals surface area contributed by atoms with Gasteiger partial charge in [-0.2, -0.15) is 0 Å². The minimum atomic E-state index is -1.63. The Labute approximate surface area is 158 Å². The molecule has 0 radical (unpaired) electrons. The number of benzene rings is 2. The number of fused-ring (bicyclic) bond motifs is 1. The Morgan fingerprint density at radius 2 is 1.85 bits per heavy atom. The van der Waals surface area contributed by atoms with E-state index >= 15 is 0 Å². The molecule has 1 saturated heterocycles. The maximum Gasteiger partial charge on any atom is 0.278 e. The van der Waals surface area contributed by atoms with E-state index in [0.717, 1.165) is 24.3 Å². The minimum absolute atomic E-state index is 0.480. The average Bonchev–Trinajstić information content (AvgIpc) is 3.18. The Hall–Kier alpha value is -3.02. The standard InChI is InChI=1S/C21H23N3O3/c1-14-5-10-18-17(13-14)23-20(26)21(2,27-18)19(25)22-15-6-8-16(9-7-15)24-11-3-4-12-24/h5-10,13H,3-4,11-12H2,1-2H3,(H,22,25)(H,23,26). The number of carbonyl (C=O) groups is 2. The summed E-state index contributed by atoms with van der Waals surface area (Å²) in [6.07, 6.45) is 2.43. The van der Waals surface area contributed by atoms with Crippen LogP contribution in [0.4, 0.5) is 17.1 Å². The first-order valence-corrected chi connectivity index (χ1v) is 9.23. The number of anilines is 3. The molecule has 0 spiro atoms. The summed E-state index contributed by atoms with van der Waals surface area (Å²) in [6.45, 7) is 5.55. The molecular weight excluding hydrogens is 342 g/mol. The molecule has 1 unspecified atom stereocenters. The van der Waals surface area contributed by atoms with Crippen molar-refractivity contribution in [2.75, 3.05) is 28.6 Å². The van der Waals surface area contributed by atoms with E-state index in [2.05, 4.69) is 15.5 Å². The van der Waals surface area contributed by atoms with Crippen molar-refractivity contribution in [2.24, 2.45) is 0 Å². The molecule has 2 aromatic carbocycles. The number of hydrogen-bond donors (Lipinski definition) is 2. The molecule has 0 saturated carbocycles. The quantitative estimate of drug-likeness (QED) is 0.819. The van der Waals surface area contributed by atoms with E-state index in [0.29, 0.717) is 17.1 Å². The van der Waals surface area contributed by atoms with Crippen LogP contribution in [-0.4, -0.2) is 30.5 Å². The Kier molecular flexibility index (Phi) is 4.26. The number of carbonyl (C=O) groups excluding carboxylic acids is 2. The maximum absolute atomic E-state index is 12.8. The van der Waals surface area contributed by atoms with E-state index in [9.17, 15) is 9.59 Å². The van der Waals surface area contributed by atoms with E-state index in [1.165, 1.54) is 19.8 Å². The molecule has 140 valence electrons. The summed E-state index contributed by atoms with van der Waals surface area (Å²) in [5.74, 6) is -0.492. The van der Waals surface area contributed by atoms with Crippen molar-refractivity contribution in [1.29, 1.82) is 0 Å². The zero-order chi connectivity index (χ0) is 19.0. The third-order valence-electron chi connectivity index (χ3n) is 5.16. The molecule has 1 atom stereocenters. The third-order valence-corrected chi connectivity index (χ3v) is 5.16. The van der Waals surface area contributed by atoms with Crippen LogP contribution in [0.1, 0.15) is 25.3 Å². The predicted octanol–water partition coefficient (Wildman–Crippen LogP) is 3.32. The number of nitrogens with one attached hydrogen (secondary N) is 2. The van der Waals surface area contributed by atoms with Crippen molar-refractivity contribution in [2.45, 2.75) is 32.3 Å². The molecule has 0 bridgehead atoms. The van der Waals surface area contributed by atoms with Crippen LogP contribution in [-0.2, 0) is 9.59 Å². The molecule has 6 heteroatoms. The van der Waals surface area contributed by atoms with Gasteiger partial charge in [0.2, 0.25) is 0 Å². The van der Waals surface area contributed by atoms with Gasteiger partial charge in [0.15, 0.2) is 0 Å². The summed E-state index contributed by atoms with van der Waals surface area (Å²) in [6, 6.07) is 13.2. The molecule has 2 amide bonds. The lowest BCUT2D eigenvalue weighted by Crippen LogP contribution is -2.56. The topological polar surface area (TPSA) is 70.7 Å². The lowest BCUT2D eigenvalue weighted by molar-refractivity contribution is -0.143. The van der Waals surface area contributed by atoms with E-state index in [1.807, 2.05) is 43.3 Å². The lowest BCUT2D eigenvalue weighted by atomic mass is 10.0. The van der Waals surface area contributed by atoms with Crippen LogP contribution in [0.15, 0.2) is 42.5 Å². The van der Waals surface area contributed by atoms with Gasteiger partial charge in [-0.3, -0.25) is 9.59 Å². The lowest BCUT2D eigenvalue weighted by Gasteiger charge is -2.33. The van der Waals surface area contributed by atoms with Crippen molar-refractivity contribution in [3.05, 3.63) is 48.0 Å². The second-order valence-corrected chi connectivity index (χ2v) is 7.28. The summed E-state index contributed by atoms with van der Waals surface area (Å²) in [5, 5.41) is 5.57. The van der Waals surface area contributed by atoms with Crippen LogP contribution < -0.4 is 20.3 Å². The molecule has 2 aromatic rings. The molecule has 0 aliphatic carbocycles. The molecule has 27 heavy (non-hydrogen) atoms. The summed E-state index contributed by atoms with van der Waals surface area (Å²) in [7, 11) is 0. The molecule has 6 nitrogen and oxygen atoms in total. The zero-order valence-electron chi connectivity index (χ0n) is 15.5. The van der Waals surface area contributed by atoms with Crippen molar-refractivity contribution in [3.8, 4) is 5.75 Å². The maximum atomic E-state index is 12.8.